The van der Waals surface area contributed by atoms with Gasteiger partial charge in [0.25, 0.3) is 0 Å². The molecule has 0 bridgehead atoms. The van der Waals surface area contributed by atoms with Gasteiger partial charge in [-0.05, 0) is 11.5 Å². The highest BCUT2D eigenvalue weighted by Gasteiger charge is 2.31. The van der Waals surface area contributed by atoms with Crippen molar-refractivity contribution in [2.45, 2.75) is 32.5 Å². The van der Waals surface area contributed by atoms with Crippen LogP contribution in [0.1, 0.15) is 19.4 Å². The Morgan fingerprint density at radius 3 is 2.71 bits per heavy atom. The molecule has 1 radical (unpaired) electrons. The molecule has 5 heteroatoms. The number of carbonyl (C=O) groups is 1. The fourth-order valence-corrected chi connectivity index (χ4v) is 2.56. The molecule has 115 valence electrons. The van der Waals surface area contributed by atoms with Gasteiger partial charge < -0.3 is 15.8 Å². The predicted molar refractivity (Wildman–Crippen MR) is 82.6 cm³/mol. The molecule has 0 aliphatic carbocycles. The Morgan fingerprint density at radius 2 is 2.05 bits per heavy atom. The van der Waals surface area contributed by atoms with Crippen molar-refractivity contribution in [3.8, 4) is 0 Å². The smallest absolute Gasteiger partial charge is 0.407 e. The minimum Gasteiger partial charge on any atom is -0.445 e. The first-order valence-electron chi connectivity index (χ1n) is 7.29. The highest BCUT2D eigenvalue weighted by atomic mass is 16.5. The summed E-state index contributed by atoms with van der Waals surface area (Å²) in [6.07, 6.45) is -0.404. The van der Waals surface area contributed by atoms with Crippen molar-refractivity contribution >= 4 is 6.09 Å². The Labute approximate surface area is 126 Å². The molecule has 1 heterocycles. The average Bonchev–Trinajstić information content (AvgIpc) is 2.76. The second kappa shape index (κ2) is 7.43. The Kier molecular flexibility index (Phi) is 5.59. The topological polar surface area (TPSA) is 67.6 Å². The van der Waals surface area contributed by atoms with Crippen molar-refractivity contribution in [3.63, 3.8) is 0 Å². The van der Waals surface area contributed by atoms with Gasteiger partial charge in [0.15, 0.2) is 0 Å². The van der Waals surface area contributed by atoms with Crippen molar-refractivity contribution in [1.82, 2.24) is 10.2 Å². The first-order valence-corrected chi connectivity index (χ1v) is 7.29. The number of carbonyl (C=O) groups excluding carboxylic acids is 1. The van der Waals surface area contributed by atoms with E-state index in [4.69, 9.17) is 10.5 Å². The molecule has 0 unspecified atom stereocenters. The van der Waals surface area contributed by atoms with Crippen LogP contribution >= 0.6 is 0 Å². The van der Waals surface area contributed by atoms with Gasteiger partial charge in [0, 0.05) is 25.7 Å². The molecule has 1 aromatic rings. The highest BCUT2D eigenvalue weighted by Crippen LogP contribution is 2.12. The Morgan fingerprint density at radius 1 is 1.33 bits per heavy atom. The molecule has 1 fully saturated rings. The van der Waals surface area contributed by atoms with Gasteiger partial charge in [0.1, 0.15) is 6.61 Å². The van der Waals surface area contributed by atoms with E-state index in [1.165, 1.54) is 5.92 Å². The minimum absolute atomic E-state index is 0.0476. The molecular weight excluding hydrogens is 266 g/mol. The van der Waals surface area contributed by atoms with Gasteiger partial charge >= 0.3 is 6.09 Å². The van der Waals surface area contributed by atoms with Gasteiger partial charge in [-0.15, -0.1) is 0 Å². The Balaban J connectivity index is 1.75. The molecule has 1 saturated heterocycles. The van der Waals surface area contributed by atoms with Gasteiger partial charge in [-0.2, -0.15) is 0 Å². The van der Waals surface area contributed by atoms with E-state index >= 15 is 0 Å². The third-order valence-corrected chi connectivity index (χ3v) is 3.50. The summed E-state index contributed by atoms with van der Waals surface area (Å²) in [6, 6.07) is 9.53. The maximum absolute atomic E-state index is 11.8. The average molecular weight is 290 g/mol. The van der Waals surface area contributed by atoms with Crippen LogP contribution in [-0.4, -0.2) is 42.7 Å². The van der Waals surface area contributed by atoms with Crippen molar-refractivity contribution in [1.29, 1.82) is 0 Å². The van der Waals surface area contributed by atoms with Crippen LogP contribution in [0.5, 0.6) is 0 Å². The molecule has 1 aliphatic rings. The molecule has 1 aliphatic heterocycles. The lowest BCUT2D eigenvalue weighted by Gasteiger charge is -2.18. The van der Waals surface area contributed by atoms with E-state index in [-0.39, 0.29) is 18.7 Å². The predicted octanol–water partition coefficient (Wildman–Crippen LogP) is 1.54. The largest absolute Gasteiger partial charge is 0.445 e. The molecule has 1 amide bonds. The van der Waals surface area contributed by atoms with E-state index in [0.717, 1.165) is 25.2 Å². The molecule has 21 heavy (non-hydrogen) atoms. The zero-order valence-electron chi connectivity index (χ0n) is 12.7. The molecule has 5 nitrogen and oxygen atoms in total. The number of likely N-dealkylation sites (tertiary alicyclic amines) is 1. The summed E-state index contributed by atoms with van der Waals surface area (Å²) >= 11 is 0. The zero-order valence-corrected chi connectivity index (χ0v) is 12.7. The van der Waals surface area contributed by atoms with Crippen molar-refractivity contribution < 1.29 is 9.53 Å². The first kappa shape index (κ1) is 15.8. The monoisotopic (exact) mass is 290 g/mol. The summed E-state index contributed by atoms with van der Waals surface area (Å²) in [5.41, 5.74) is 7.05. The number of nitrogens with two attached hydrogens (primary N) is 1. The number of benzene rings is 1. The van der Waals surface area contributed by atoms with Crippen molar-refractivity contribution in [2.24, 2.45) is 5.73 Å². The third kappa shape index (κ3) is 5.02. The molecular formula is C16H24N3O2. The summed E-state index contributed by atoms with van der Waals surface area (Å²) in [7, 11) is 0. The van der Waals surface area contributed by atoms with E-state index in [0.29, 0.717) is 0 Å². The van der Waals surface area contributed by atoms with Crippen LogP contribution < -0.4 is 11.1 Å². The second-order valence-electron chi connectivity index (χ2n) is 5.88. The Hall–Kier alpha value is -1.59. The van der Waals surface area contributed by atoms with Crippen LogP contribution in [-0.2, 0) is 11.3 Å². The molecule has 3 N–H and O–H groups in total. The molecule has 2 rings (SSSR count). The van der Waals surface area contributed by atoms with Gasteiger partial charge in [-0.1, -0.05) is 44.2 Å². The van der Waals surface area contributed by atoms with Crippen molar-refractivity contribution in [3.05, 3.63) is 41.8 Å². The van der Waals surface area contributed by atoms with Crippen LogP contribution in [0.4, 0.5) is 4.79 Å². The maximum atomic E-state index is 11.8. The van der Waals surface area contributed by atoms with E-state index in [9.17, 15) is 4.79 Å². The number of hydrogen-bond donors (Lipinski definition) is 2. The van der Waals surface area contributed by atoms with E-state index in [2.05, 4.69) is 24.1 Å². The first-order chi connectivity index (χ1) is 10.0. The van der Waals surface area contributed by atoms with Crippen LogP contribution in [0.25, 0.3) is 0 Å². The highest BCUT2D eigenvalue weighted by molar-refractivity contribution is 5.67. The lowest BCUT2D eigenvalue weighted by atomic mass is 10.2. The minimum atomic E-state index is -0.404. The normalized spacial score (nSPS) is 22.5. The van der Waals surface area contributed by atoms with Crippen LogP contribution in [0.15, 0.2) is 30.3 Å². The van der Waals surface area contributed by atoms with Crippen LogP contribution in [0, 0.1) is 5.92 Å². The molecule has 2 atom stereocenters. The molecule has 0 spiro atoms. The second-order valence-corrected chi connectivity index (χ2v) is 5.88. The van der Waals surface area contributed by atoms with Crippen LogP contribution in [0.2, 0.25) is 0 Å². The SMILES string of the molecule is C[C](C)CN1C[C@H](N)[C@H](NC(=O)OCc2ccccc2)C1. The number of amides is 1. The lowest BCUT2D eigenvalue weighted by Crippen LogP contribution is -2.46. The van der Waals surface area contributed by atoms with E-state index < -0.39 is 6.09 Å². The summed E-state index contributed by atoms with van der Waals surface area (Å²) in [5.74, 6) is 1.34. The number of nitrogens with one attached hydrogen (secondary N) is 1. The fraction of sp³-hybridized carbons (Fsp3) is 0.500. The fourth-order valence-electron chi connectivity index (χ4n) is 2.56. The van der Waals surface area contributed by atoms with Gasteiger partial charge in [-0.3, -0.25) is 4.90 Å². The third-order valence-electron chi connectivity index (χ3n) is 3.50. The number of alkyl carbamates (subject to hydrolysis) is 1. The van der Waals surface area contributed by atoms with Crippen molar-refractivity contribution in [2.75, 3.05) is 19.6 Å². The maximum Gasteiger partial charge on any atom is 0.407 e. The van der Waals surface area contributed by atoms with Gasteiger partial charge in [-0.25, -0.2) is 4.79 Å². The number of nitrogens with zero attached hydrogens (tertiary/aromatic N) is 1. The van der Waals surface area contributed by atoms with E-state index in [1.54, 1.807) is 0 Å². The van der Waals surface area contributed by atoms with Gasteiger partial charge in [0.05, 0.1) is 6.04 Å². The number of rotatable bonds is 5. The van der Waals surface area contributed by atoms with Crippen LogP contribution in [0.3, 0.4) is 0 Å². The summed E-state index contributed by atoms with van der Waals surface area (Å²) < 4.78 is 5.23. The molecule has 0 saturated carbocycles. The summed E-state index contributed by atoms with van der Waals surface area (Å²) in [5, 5.41) is 2.87. The number of ether oxygens (including phenoxy) is 1. The number of hydrogen-bond acceptors (Lipinski definition) is 4. The molecule has 0 aromatic heterocycles. The Bertz CT molecular complexity index is 450. The summed E-state index contributed by atoms with van der Waals surface area (Å²) in [4.78, 5) is 14.1. The quantitative estimate of drug-likeness (QED) is 0.863. The van der Waals surface area contributed by atoms with E-state index in [1.807, 2.05) is 30.3 Å². The zero-order chi connectivity index (χ0) is 15.2. The lowest BCUT2D eigenvalue weighted by molar-refractivity contribution is 0.135. The van der Waals surface area contributed by atoms with Gasteiger partial charge in [0.2, 0.25) is 0 Å². The molecule has 1 aromatic carbocycles. The summed E-state index contributed by atoms with van der Waals surface area (Å²) in [6.45, 7) is 6.97. The standard InChI is InChI=1S/C16H24N3O2/c1-12(2)8-19-9-14(17)15(10-19)18-16(20)21-11-13-6-4-3-5-7-13/h3-7,14-15H,8-11,17H2,1-2H3,(H,18,20)/t14-,15+/m0/s1.